The predicted molar refractivity (Wildman–Crippen MR) is 184 cm³/mol. The highest BCUT2D eigenvalue weighted by Crippen LogP contribution is 2.29. The second kappa shape index (κ2) is 16.1. The van der Waals surface area contributed by atoms with E-state index in [1.165, 1.54) is 0 Å². The summed E-state index contributed by atoms with van der Waals surface area (Å²) >= 11 is 6.08. The molecule has 0 spiro atoms. The van der Waals surface area contributed by atoms with Crippen LogP contribution in [-0.2, 0) is 22.7 Å². The fourth-order valence-electron chi connectivity index (χ4n) is 6.50. The third kappa shape index (κ3) is 10.00. The monoisotopic (exact) mass is 667 g/mol. The van der Waals surface area contributed by atoms with Gasteiger partial charge < -0.3 is 34.3 Å². The molecule has 2 N–H and O–H groups in total. The number of carbonyl (C=O) groups excluding carboxylic acids is 2. The summed E-state index contributed by atoms with van der Waals surface area (Å²) in [5.74, 6) is 2.75. The molecule has 2 saturated heterocycles. The molecule has 3 aromatic rings. The minimum absolute atomic E-state index is 0.00488. The number of nitrogens with two attached hydrogens (primary N) is 1. The van der Waals surface area contributed by atoms with Gasteiger partial charge in [0.1, 0.15) is 35.0 Å². The maximum Gasteiger partial charge on any atom is 0.410 e. The van der Waals surface area contributed by atoms with E-state index < -0.39 is 5.60 Å². The lowest BCUT2D eigenvalue weighted by molar-refractivity contribution is -0.123. The van der Waals surface area contributed by atoms with Crippen molar-refractivity contribution >= 4 is 34.6 Å². The van der Waals surface area contributed by atoms with Gasteiger partial charge in [-0.05, 0) is 121 Å². The van der Waals surface area contributed by atoms with E-state index in [2.05, 4.69) is 15.5 Å². The van der Waals surface area contributed by atoms with E-state index in [0.717, 1.165) is 113 Å². The zero-order valence-electron chi connectivity index (χ0n) is 28.1. The average Bonchev–Trinajstić information content (AvgIpc) is 3.40. The molecule has 3 heterocycles. The Morgan fingerprint density at radius 3 is 2.34 bits per heavy atom. The topological polar surface area (TPSA) is 112 Å². The van der Waals surface area contributed by atoms with Crippen LogP contribution in [-0.4, -0.2) is 76.3 Å². The number of fused-ring (bicyclic) bond motifs is 1. The van der Waals surface area contributed by atoms with Crippen LogP contribution in [0, 0.1) is 11.8 Å². The van der Waals surface area contributed by atoms with Gasteiger partial charge in [0.15, 0.2) is 0 Å². The highest BCUT2D eigenvalue weighted by atomic mass is 35.5. The van der Waals surface area contributed by atoms with Crippen LogP contribution in [0.3, 0.4) is 0 Å². The molecule has 0 unspecified atom stereocenters. The molecule has 2 amide bonds. The van der Waals surface area contributed by atoms with Crippen molar-refractivity contribution in [3.8, 4) is 11.5 Å². The van der Waals surface area contributed by atoms with Crippen LogP contribution in [0.25, 0.3) is 11.0 Å². The molecular weight excluding hydrogens is 618 g/mol. The van der Waals surface area contributed by atoms with E-state index in [0.29, 0.717) is 24.2 Å². The molecule has 2 aliphatic rings. The SMILES string of the molecule is CC(C)(C)OC(=O)N1CCC(CCCn2c(COc3ccc(Cl)cc3)nc3c(OCCCN4CCC(C(N)=O)CC4)cccc32)CC1. The average molecular weight is 668 g/mol. The lowest BCUT2D eigenvalue weighted by Crippen LogP contribution is -2.41. The highest BCUT2D eigenvalue weighted by Gasteiger charge is 2.27. The smallest absolute Gasteiger partial charge is 0.410 e. The maximum atomic E-state index is 12.5. The first kappa shape index (κ1) is 34.8. The van der Waals surface area contributed by atoms with E-state index >= 15 is 0 Å². The number of hydrogen-bond acceptors (Lipinski definition) is 7. The molecule has 0 aliphatic carbocycles. The number of aromatic nitrogens is 2. The van der Waals surface area contributed by atoms with Crippen molar-refractivity contribution in [3.05, 3.63) is 53.3 Å². The van der Waals surface area contributed by atoms with Crippen LogP contribution in [0.1, 0.15) is 71.5 Å². The normalized spacial score (nSPS) is 16.8. The zero-order valence-corrected chi connectivity index (χ0v) is 28.8. The van der Waals surface area contributed by atoms with E-state index in [1.807, 2.05) is 62.1 Å². The summed E-state index contributed by atoms with van der Waals surface area (Å²) in [4.78, 5) is 33.2. The number of primary amides is 1. The molecule has 2 fully saturated rings. The molecule has 11 heteroatoms. The Labute approximate surface area is 283 Å². The number of likely N-dealkylation sites (tertiary alicyclic amines) is 2. The third-order valence-corrected chi connectivity index (χ3v) is 9.38. The van der Waals surface area contributed by atoms with Gasteiger partial charge in [0.25, 0.3) is 0 Å². The molecule has 47 heavy (non-hydrogen) atoms. The fraction of sp³-hybridized carbons (Fsp3) is 0.583. The summed E-state index contributed by atoms with van der Waals surface area (Å²) < 4.78 is 20.3. The predicted octanol–water partition coefficient (Wildman–Crippen LogP) is 6.66. The Kier molecular flexibility index (Phi) is 11.9. The molecule has 2 aliphatic heterocycles. The first-order valence-corrected chi connectivity index (χ1v) is 17.4. The Balaban J connectivity index is 1.19. The van der Waals surface area contributed by atoms with Crippen LogP contribution in [0.4, 0.5) is 4.79 Å². The number of hydrogen-bond donors (Lipinski definition) is 1. The number of aryl methyl sites for hydroxylation is 1. The Morgan fingerprint density at radius 1 is 0.936 bits per heavy atom. The number of amides is 2. The molecule has 0 bridgehead atoms. The van der Waals surface area contributed by atoms with Gasteiger partial charge in [0.05, 0.1) is 12.1 Å². The summed E-state index contributed by atoms with van der Waals surface area (Å²) in [5.41, 5.74) is 6.88. The van der Waals surface area contributed by atoms with Crippen molar-refractivity contribution in [1.29, 1.82) is 0 Å². The van der Waals surface area contributed by atoms with Gasteiger partial charge in [-0.3, -0.25) is 4.79 Å². The number of carbonyl (C=O) groups is 2. The standard InChI is InChI=1S/C36H50ClN5O5/c1-36(2,3)47-35(44)41-22-14-26(15-23-41)7-5-19-42-30-8-4-9-31(45-24-6-18-40-20-16-27(17-21-40)34(38)43)33(30)39-32(42)25-46-29-12-10-28(37)11-13-29/h4,8-13,26-27H,5-7,14-25H2,1-3H3,(H2,38,43). The van der Waals surface area contributed by atoms with Gasteiger partial charge in [-0.15, -0.1) is 0 Å². The largest absolute Gasteiger partial charge is 0.491 e. The second-order valence-electron chi connectivity index (χ2n) is 13.8. The fourth-order valence-corrected chi connectivity index (χ4v) is 6.63. The third-order valence-electron chi connectivity index (χ3n) is 9.13. The van der Waals surface area contributed by atoms with Gasteiger partial charge in [-0.25, -0.2) is 9.78 Å². The van der Waals surface area contributed by atoms with Crippen molar-refractivity contribution in [3.63, 3.8) is 0 Å². The molecule has 2 aromatic carbocycles. The van der Waals surface area contributed by atoms with Gasteiger partial charge >= 0.3 is 6.09 Å². The minimum atomic E-state index is -0.479. The van der Waals surface area contributed by atoms with Crippen LogP contribution in [0.15, 0.2) is 42.5 Å². The molecule has 0 radical (unpaired) electrons. The summed E-state index contributed by atoms with van der Waals surface area (Å²) in [7, 11) is 0. The van der Waals surface area contributed by atoms with E-state index in [9.17, 15) is 9.59 Å². The molecule has 5 rings (SSSR count). The van der Waals surface area contributed by atoms with Crippen molar-refractivity contribution in [2.24, 2.45) is 17.6 Å². The summed E-state index contributed by atoms with van der Waals surface area (Å²) in [6, 6.07) is 13.5. The Bertz CT molecular complexity index is 1470. The Morgan fingerprint density at radius 2 is 1.66 bits per heavy atom. The van der Waals surface area contributed by atoms with Gasteiger partial charge in [-0.1, -0.05) is 17.7 Å². The van der Waals surface area contributed by atoms with Crippen molar-refractivity contribution in [2.45, 2.75) is 84.5 Å². The zero-order chi connectivity index (χ0) is 33.4. The van der Waals surface area contributed by atoms with E-state index in [-0.39, 0.29) is 17.9 Å². The molecule has 0 saturated carbocycles. The number of ether oxygens (including phenoxy) is 3. The number of benzene rings is 2. The van der Waals surface area contributed by atoms with E-state index in [1.54, 1.807) is 0 Å². The van der Waals surface area contributed by atoms with Crippen LogP contribution >= 0.6 is 11.6 Å². The van der Waals surface area contributed by atoms with Crippen molar-refractivity contribution < 1.29 is 23.8 Å². The van der Waals surface area contributed by atoms with Gasteiger partial charge in [-0.2, -0.15) is 0 Å². The number of para-hydroxylation sites is 1. The minimum Gasteiger partial charge on any atom is -0.491 e. The molecule has 256 valence electrons. The van der Waals surface area contributed by atoms with Crippen molar-refractivity contribution in [1.82, 2.24) is 19.4 Å². The number of nitrogens with zero attached hydrogens (tertiary/aromatic N) is 4. The second-order valence-corrected chi connectivity index (χ2v) is 14.3. The molecule has 1 aromatic heterocycles. The maximum absolute atomic E-state index is 12.5. The lowest BCUT2D eigenvalue weighted by Gasteiger charge is -2.33. The van der Waals surface area contributed by atoms with Gasteiger partial charge in [0, 0.05) is 37.1 Å². The summed E-state index contributed by atoms with van der Waals surface area (Å²) in [6.07, 6.45) is 6.37. The number of halogens is 1. The lowest BCUT2D eigenvalue weighted by atomic mass is 9.92. The van der Waals surface area contributed by atoms with Crippen LogP contribution in [0.2, 0.25) is 5.02 Å². The van der Waals surface area contributed by atoms with Crippen LogP contribution in [0.5, 0.6) is 11.5 Å². The first-order valence-electron chi connectivity index (χ1n) is 17.0. The highest BCUT2D eigenvalue weighted by molar-refractivity contribution is 6.30. The quantitative estimate of drug-likeness (QED) is 0.203. The van der Waals surface area contributed by atoms with Gasteiger partial charge in [0.2, 0.25) is 5.91 Å². The number of piperidine rings is 2. The number of imidazole rings is 1. The van der Waals surface area contributed by atoms with Crippen LogP contribution < -0.4 is 15.2 Å². The number of rotatable bonds is 13. The summed E-state index contributed by atoms with van der Waals surface area (Å²) in [6.45, 7) is 11.6. The molecule has 0 atom stereocenters. The van der Waals surface area contributed by atoms with Crippen molar-refractivity contribution in [2.75, 3.05) is 39.3 Å². The first-order chi connectivity index (χ1) is 22.6. The molecular formula is C36H50ClN5O5. The van der Waals surface area contributed by atoms with E-state index in [4.69, 9.17) is 36.5 Å². The molecule has 10 nitrogen and oxygen atoms in total. The summed E-state index contributed by atoms with van der Waals surface area (Å²) in [5, 5.41) is 0.665. The Hall–Kier alpha value is -3.50.